The molecule has 4 nitrogen and oxygen atoms in total. The Kier molecular flexibility index (Phi) is 2.01. The highest BCUT2D eigenvalue weighted by molar-refractivity contribution is 7.10. The zero-order chi connectivity index (χ0) is 11.9. The number of nitrogens with one attached hydrogen (secondary N) is 1. The Bertz CT molecular complexity index is 690. The van der Waals surface area contributed by atoms with Crippen LogP contribution in [-0.4, -0.2) is 15.4 Å². The van der Waals surface area contributed by atoms with Crippen LogP contribution in [0.1, 0.15) is 16.7 Å². The third-order valence-corrected chi connectivity index (χ3v) is 3.93. The summed E-state index contributed by atoms with van der Waals surface area (Å²) < 4.78 is 6.05. The molecule has 4 rings (SSSR count). The molecule has 0 bridgehead atoms. The van der Waals surface area contributed by atoms with Gasteiger partial charge in [0.2, 0.25) is 0 Å². The lowest BCUT2D eigenvalue weighted by molar-refractivity contribution is 0.242. The first-order valence-electron chi connectivity index (χ1n) is 5.63. The summed E-state index contributed by atoms with van der Waals surface area (Å²) in [6, 6.07) is 12.0. The van der Waals surface area contributed by atoms with E-state index in [1.807, 2.05) is 35.7 Å². The second-order valence-electron chi connectivity index (χ2n) is 4.07. The fraction of sp³-hybridized carbons (Fsp3) is 0.0769. The first-order valence-corrected chi connectivity index (χ1v) is 6.51. The summed E-state index contributed by atoms with van der Waals surface area (Å²) in [7, 11) is 0. The summed E-state index contributed by atoms with van der Waals surface area (Å²) in [6.45, 7) is 0. The number of aromatic amines is 1. The first kappa shape index (κ1) is 9.85. The number of thiophene rings is 1. The number of aromatic nitrogens is 3. The van der Waals surface area contributed by atoms with Gasteiger partial charge in [-0.05, 0) is 23.6 Å². The van der Waals surface area contributed by atoms with E-state index in [0.717, 1.165) is 27.6 Å². The van der Waals surface area contributed by atoms with Crippen molar-refractivity contribution in [3.8, 4) is 17.0 Å². The Morgan fingerprint density at radius 2 is 2.06 bits per heavy atom. The number of H-pyrrole nitrogens is 1. The van der Waals surface area contributed by atoms with E-state index in [-0.39, 0.29) is 6.10 Å². The van der Waals surface area contributed by atoms with Crippen molar-refractivity contribution in [2.45, 2.75) is 6.10 Å². The topological polar surface area (TPSA) is 50.8 Å². The number of hydrogen-bond acceptors (Lipinski definition) is 4. The molecule has 1 aromatic carbocycles. The van der Waals surface area contributed by atoms with Gasteiger partial charge in [0.25, 0.3) is 0 Å². The molecular formula is C13H9N3OS. The number of hydrogen-bond donors (Lipinski definition) is 1. The van der Waals surface area contributed by atoms with E-state index in [0.29, 0.717) is 0 Å². The molecule has 0 radical (unpaired) electrons. The standard InChI is InChI=1S/C13H9N3OS/c1-2-5-9-8(4-1)11-12(15-16-14-11)13(17-9)10-6-3-7-18-10/h1-7,13H,(H,14,15,16). The number of ether oxygens (including phenoxy) is 1. The summed E-state index contributed by atoms with van der Waals surface area (Å²) in [6.07, 6.45) is -0.159. The van der Waals surface area contributed by atoms with Crippen LogP contribution in [0.4, 0.5) is 0 Å². The molecule has 0 spiro atoms. The predicted octanol–water partition coefficient (Wildman–Crippen LogP) is 3.02. The number of rotatable bonds is 1. The molecule has 0 saturated carbocycles. The average Bonchev–Trinajstić information content (AvgIpc) is 3.09. The molecule has 1 N–H and O–H groups in total. The molecule has 88 valence electrons. The van der Waals surface area contributed by atoms with Crippen LogP contribution in [0.3, 0.4) is 0 Å². The number of nitrogens with zero attached hydrogens (tertiary/aromatic N) is 2. The number of para-hydroxylation sites is 1. The van der Waals surface area contributed by atoms with Crippen molar-refractivity contribution < 1.29 is 4.74 Å². The van der Waals surface area contributed by atoms with Crippen LogP contribution in [0.5, 0.6) is 5.75 Å². The van der Waals surface area contributed by atoms with Crippen LogP contribution in [0.25, 0.3) is 11.3 Å². The molecule has 0 fully saturated rings. The smallest absolute Gasteiger partial charge is 0.179 e. The predicted molar refractivity (Wildman–Crippen MR) is 68.6 cm³/mol. The van der Waals surface area contributed by atoms with E-state index in [2.05, 4.69) is 21.5 Å². The lowest BCUT2D eigenvalue weighted by Crippen LogP contribution is -2.14. The highest BCUT2D eigenvalue weighted by Crippen LogP contribution is 2.43. The van der Waals surface area contributed by atoms with Crippen LogP contribution in [-0.2, 0) is 0 Å². The second kappa shape index (κ2) is 3.68. The van der Waals surface area contributed by atoms with Gasteiger partial charge in [0.1, 0.15) is 17.1 Å². The fourth-order valence-corrected chi connectivity index (χ4v) is 2.96. The number of fused-ring (bicyclic) bond motifs is 3. The normalized spacial score (nSPS) is 16.8. The minimum atomic E-state index is -0.159. The SMILES string of the molecule is c1csc(C2Oc3ccccc3-c3n[nH]nc32)c1. The molecule has 18 heavy (non-hydrogen) atoms. The van der Waals surface area contributed by atoms with Gasteiger partial charge in [-0.2, -0.15) is 15.4 Å². The third-order valence-electron chi connectivity index (χ3n) is 3.01. The minimum absolute atomic E-state index is 0.159. The summed E-state index contributed by atoms with van der Waals surface area (Å²) >= 11 is 1.66. The molecule has 0 saturated heterocycles. The van der Waals surface area contributed by atoms with Crippen molar-refractivity contribution in [2.24, 2.45) is 0 Å². The van der Waals surface area contributed by atoms with Crippen molar-refractivity contribution in [1.82, 2.24) is 15.4 Å². The van der Waals surface area contributed by atoms with Crippen molar-refractivity contribution in [3.63, 3.8) is 0 Å². The molecular weight excluding hydrogens is 246 g/mol. The van der Waals surface area contributed by atoms with E-state index < -0.39 is 0 Å². The van der Waals surface area contributed by atoms with Gasteiger partial charge < -0.3 is 4.74 Å². The molecule has 1 unspecified atom stereocenters. The van der Waals surface area contributed by atoms with Gasteiger partial charge in [0.05, 0.1) is 4.88 Å². The Labute approximate surface area is 107 Å². The first-order chi connectivity index (χ1) is 8.93. The fourth-order valence-electron chi connectivity index (χ4n) is 2.20. The number of benzene rings is 1. The highest BCUT2D eigenvalue weighted by Gasteiger charge is 2.31. The molecule has 5 heteroatoms. The van der Waals surface area contributed by atoms with E-state index in [1.54, 1.807) is 11.3 Å². The summed E-state index contributed by atoms with van der Waals surface area (Å²) in [5, 5.41) is 13.2. The molecule has 3 aromatic rings. The van der Waals surface area contributed by atoms with Crippen molar-refractivity contribution >= 4 is 11.3 Å². The van der Waals surface area contributed by atoms with Gasteiger partial charge in [-0.1, -0.05) is 18.2 Å². The van der Waals surface area contributed by atoms with Gasteiger partial charge in [0, 0.05) is 5.56 Å². The third kappa shape index (κ3) is 1.31. The summed E-state index contributed by atoms with van der Waals surface area (Å²) in [4.78, 5) is 1.14. The van der Waals surface area contributed by atoms with Crippen LogP contribution in [0.2, 0.25) is 0 Å². The molecule has 0 aliphatic carbocycles. The van der Waals surface area contributed by atoms with Gasteiger partial charge in [-0.3, -0.25) is 0 Å². The lowest BCUT2D eigenvalue weighted by Gasteiger charge is -2.23. The molecule has 0 amide bonds. The second-order valence-corrected chi connectivity index (χ2v) is 5.05. The van der Waals surface area contributed by atoms with Gasteiger partial charge in [0.15, 0.2) is 6.10 Å². The average molecular weight is 255 g/mol. The Hall–Kier alpha value is -2.14. The highest BCUT2D eigenvalue weighted by atomic mass is 32.1. The quantitative estimate of drug-likeness (QED) is 0.727. The molecule has 1 aliphatic heterocycles. The van der Waals surface area contributed by atoms with Crippen molar-refractivity contribution in [2.75, 3.05) is 0 Å². The van der Waals surface area contributed by atoms with E-state index in [1.165, 1.54) is 0 Å². The largest absolute Gasteiger partial charge is 0.478 e. The summed E-state index contributed by atoms with van der Waals surface area (Å²) in [5.74, 6) is 0.859. The lowest BCUT2D eigenvalue weighted by atomic mass is 10.0. The van der Waals surface area contributed by atoms with Crippen LogP contribution in [0, 0.1) is 0 Å². The van der Waals surface area contributed by atoms with Crippen molar-refractivity contribution in [1.29, 1.82) is 0 Å². The molecule has 1 atom stereocenters. The molecule has 1 aliphatic rings. The van der Waals surface area contributed by atoms with E-state index in [9.17, 15) is 0 Å². The zero-order valence-corrected chi connectivity index (χ0v) is 10.1. The maximum Gasteiger partial charge on any atom is 0.179 e. The maximum absolute atomic E-state index is 6.05. The molecule has 3 heterocycles. The van der Waals surface area contributed by atoms with Crippen LogP contribution >= 0.6 is 11.3 Å². The van der Waals surface area contributed by atoms with E-state index >= 15 is 0 Å². The van der Waals surface area contributed by atoms with E-state index in [4.69, 9.17) is 4.74 Å². The Morgan fingerprint density at radius 1 is 1.11 bits per heavy atom. The zero-order valence-electron chi connectivity index (χ0n) is 9.33. The van der Waals surface area contributed by atoms with Gasteiger partial charge in [-0.25, -0.2) is 0 Å². The van der Waals surface area contributed by atoms with Crippen LogP contribution < -0.4 is 4.74 Å². The van der Waals surface area contributed by atoms with Crippen molar-refractivity contribution in [3.05, 3.63) is 52.3 Å². The molecule has 2 aromatic heterocycles. The monoisotopic (exact) mass is 255 g/mol. The van der Waals surface area contributed by atoms with Crippen LogP contribution in [0.15, 0.2) is 41.8 Å². The minimum Gasteiger partial charge on any atom is -0.478 e. The Balaban J connectivity index is 1.93. The summed E-state index contributed by atoms with van der Waals surface area (Å²) in [5.41, 5.74) is 2.74. The Morgan fingerprint density at radius 3 is 2.94 bits per heavy atom. The van der Waals surface area contributed by atoms with Gasteiger partial charge in [-0.15, -0.1) is 11.3 Å². The maximum atomic E-state index is 6.05. The van der Waals surface area contributed by atoms with Gasteiger partial charge >= 0.3 is 0 Å².